The monoisotopic (exact) mass is 257 g/mol. The quantitative estimate of drug-likeness (QED) is 0.691. The number of carboxylic acid groups (broad SMARTS) is 1. The summed E-state index contributed by atoms with van der Waals surface area (Å²) in [4.78, 5) is 24.6. The number of carbonyl (C=O) groups is 2. The molecule has 0 aromatic carbocycles. The number of hydrogen-bond acceptors (Lipinski definition) is 2. The van der Waals surface area contributed by atoms with E-state index in [1.165, 1.54) is 0 Å². The molecule has 0 aliphatic carbocycles. The number of hydrogen-bond donors (Lipinski definition) is 1. The summed E-state index contributed by atoms with van der Waals surface area (Å²) in [5.41, 5.74) is 0. The van der Waals surface area contributed by atoms with Gasteiger partial charge in [0.1, 0.15) is 0 Å². The van der Waals surface area contributed by atoms with Crippen molar-refractivity contribution in [1.29, 1.82) is 0 Å². The minimum absolute atomic E-state index is 0.0885. The van der Waals surface area contributed by atoms with E-state index in [2.05, 4.69) is 13.8 Å². The molecule has 4 heteroatoms. The van der Waals surface area contributed by atoms with Crippen LogP contribution in [-0.4, -0.2) is 35.0 Å². The van der Waals surface area contributed by atoms with E-state index in [9.17, 15) is 9.59 Å². The smallest absolute Gasteiger partial charge is 0.308 e. The molecule has 0 aliphatic heterocycles. The van der Waals surface area contributed by atoms with Gasteiger partial charge in [0.15, 0.2) is 0 Å². The summed E-state index contributed by atoms with van der Waals surface area (Å²) in [5.74, 6) is -0.729. The second-order valence-electron chi connectivity index (χ2n) is 5.37. The van der Waals surface area contributed by atoms with Gasteiger partial charge in [0.05, 0.1) is 5.92 Å². The third kappa shape index (κ3) is 7.30. The van der Waals surface area contributed by atoms with Crippen LogP contribution in [0.25, 0.3) is 0 Å². The average Bonchev–Trinajstić information content (AvgIpc) is 2.30. The van der Waals surface area contributed by atoms with Crippen LogP contribution in [0.1, 0.15) is 53.4 Å². The van der Waals surface area contributed by atoms with Crippen LogP contribution in [0.2, 0.25) is 0 Å². The van der Waals surface area contributed by atoms with E-state index in [1.807, 2.05) is 6.92 Å². The summed E-state index contributed by atoms with van der Waals surface area (Å²) in [6.07, 6.45) is 3.31. The fourth-order valence-electron chi connectivity index (χ4n) is 1.63. The Balaban J connectivity index is 4.40. The number of carbonyl (C=O) groups excluding carboxylic acids is 1. The average molecular weight is 257 g/mol. The van der Waals surface area contributed by atoms with E-state index in [-0.39, 0.29) is 5.91 Å². The third-order valence-corrected chi connectivity index (χ3v) is 2.99. The van der Waals surface area contributed by atoms with Gasteiger partial charge in [-0.25, -0.2) is 0 Å². The minimum atomic E-state index is -0.840. The van der Waals surface area contributed by atoms with Crippen molar-refractivity contribution in [3.63, 3.8) is 0 Å². The molecule has 0 aromatic heterocycles. The van der Waals surface area contributed by atoms with Crippen LogP contribution in [0.15, 0.2) is 0 Å². The van der Waals surface area contributed by atoms with Gasteiger partial charge >= 0.3 is 5.97 Å². The molecule has 1 amide bonds. The van der Waals surface area contributed by atoms with E-state index in [4.69, 9.17) is 5.11 Å². The van der Waals surface area contributed by atoms with Gasteiger partial charge in [-0.3, -0.25) is 9.59 Å². The van der Waals surface area contributed by atoms with Crippen molar-refractivity contribution in [2.24, 2.45) is 11.8 Å². The highest BCUT2D eigenvalue weighted by molar-refractivity contribution is 5.77. The maximum atomic E-state index is 12.0. The maximum Gasteiger partial charge on any atom is 0.308 e. The minimum Gasteiger partial charge on any atom is -0.481 e. The Morgan fingerprint density at radius 3 is 2.28 bits per heavy atom. The molecule has 1 N–H and O–H groups in total. The Hall–Kier alpha value is -1.06. The molecular weight excluding hydrogens is 230 g/mol. The molecule has 106 valence electrons. The Labute approximate surface area is 110 Å². The Morgan fingerprint density at radius 2 is 1.83 bits per heavy atom. The Morgan fingerprint density at radius 1 is 1.22 bits per heavy atom. The molecule has 4 nitrogen and oxygen atoms in total. The largest absolute Gasteiger partial charge is 0.481 e. The summed E-state index contributed by atoms with van der Waals surface area (Å²) in [6.45, 7) is 8.90. The van der Waals surface area contributed by atoms with E-state index < -0.39 is 11.9 Å². The number of carboxylic acids is 1. The highest BCUT2D eigenvalue weighted by Crippen LogP contribution is 2.09. The van der Waals surface area contributed by atoms with E-state index in [1.54, 1.807) is 11.8 Å². The maximum absolute atomic E-state index is 12.0. The van der Waals surface area contributed by atoms with Crippen LogP contribution in [-0.2, 0) is 9.59 Å². The molecule has 0 heterocycles. The topological polar surface area (TPSA) is 57.6 Å². The van der Waals surface area contributed by atoms with Gasteiger partial charge in [-0.1, -0.05) is 34.1 Å². The highest BCUT2D eigenvalue weighted by Gasteiger charge is 2.20. The highest BCUT2D eigenvalue weighted by atomic mass is 16.4. The van der Waals surface area contributed by atoms with Crippen molar-refractivity contribution in [2.45, 2.75) is 53.4 Å². The first-order chi connectivity index (χ1) is 8.38. The lowest BCUT2D eigenvalue weighted by Gasteiger charge is -2.25. The van der Waals surface area contributed by atoms with Gasteiger partial charge in [-0.05, 0) is 18.8 Å². The van der Waals surface area contributed by atoms with Gasteiger partial charge in [0, 0.05) is 19.5 Å². The zero-order valence-electron chi connectivity index (χ0n) is 12.1. The molecule has 0 saturated heterocycles. The lowest BCUT2D eigenvalue weighted by atomic mass is 10.1. The van der Waals surface area contributed by atoms with Crippen molar-refractivity contribution in [1.82, 2.24) is 4.90 Å². The van der Waals surface area contributed by atoms with Crippen LogP contribution in [0.4, 0.5) is 0 Å². The normalized spacial score (nSPS) is 12.5. The van der Waals surface area contributed by atoms with Crippen LogP contribution < -0.4 is 0 Å². The van der Waals surface area contributed by atoms with Crippen LogP contribution >= 0.6 is 0 Å². The molecule has 1 atom stereocenters. The number of rotatable bonds is 9. The number of aliphatic carboxylic acids is 1. The van der Waals surface area contributed by atoms with E-state index >= 15 is 0 Å². The Bertz CT molecular complexity index is 264. The first-order valence-electron chi connectivity index (χ1n) is 6.89. The van der Waals surface area contributed by atoms with Gasteiger partial charge in [0.2, 0.25) is 5.91 Å². The lowest BCUT2D eigenvalue weighted by molar-refractivity contribution is -0.143. The van der Waals surface area contributed by atoms with Crippen LogP contribution in [0.3, 0.4) is 0 Å². The summed E-state index contributed by atoms with van der Waals surface area (Å²) >= 11 is 0. The van der Waals surface area contributed by atoms with Crippen LogP contribution in [0, 0.1) is 11.8 Å². The van der Waals surface area contributed by atoms with Crippen molar-refractivity contribution in [3.8, 4) is 0 Å². The summed E-state index contributed by atoms with van der Waals surface area (Å²) in [7, 11) is 0. The fraction of sp³-hybridized carbons (Fsp3) is 0.857. The predicted molar refractivity (Wildman–Crippen MR) is 72.4 cm³/mol. The molecular formula is C14H27NO3. The SMILES string of the molecule is CCCCC(=O)N(CCC(C)C)CC(C)C(=O)O. The molecule has 1 unspecified atom stereocenters. The van der Waals surface area contributed by atoms with E-state index in [0.717, 1.165) is 19.3 Å². The molecule has 0 fully saturated rings. The molecule has 0 spiro atoms. The van der Waals surface area contributed by atoms with Gasteiger partial charge in [0.25, 0.3) is 0 Å². The van der Waals surface area contributed by atoms with Gasteiger partial charge < -0.3 is 10.0 Å². The second kappa shape index (κ2) is 8.95. The summed E-state index contributed by atoms with van der Waals surface area (Å²) < 4.78 is 0. The third-order valence-electron chi connectivity index (χ3n) is 2.99. The first-order valence-corrected chi connectivity index (χ1v) is 6.89. The second-order valence-corrected chi connectivity index (χ2v) is 5.37. The first kappa shape index (κ1) is 16.9. The summed E-state index contributed by atoms with van der Waals surface area (Å²) in [6, 6.07) is 0. The van der Waals surface area contributed by atoms with Crippen molar-refractivity contribution < 1.29 is 14.7 Å². The van der Waals surface area contributed by atoms with Crippen molar-refractivity contribution in [3.05, 3.63) is 0 Å². The number of amides is 1. The molecule has 0 aromatic rings. The molecule has 0 rings (SSSR count). The molecule has 0 saturated carbocycles. The molecule has 18 heavy (non-hydrogen) atoms. The van der Waals surface area contributed by atoms with Crippen molar-refractivity contribution in [2.75, 3.05) is 13.1 Å². The molecule has 0 radical (unpaired) electrons. The summed E-state index contributed by atoms with van der Waals surface area (Å²) in [5, 5.41) is 8.93. The molecule has 0 aliphatic rings. The Kier molecular flexibility index (Phi) is 8.42. The molecule has 0 bridgehead atoms. The zero-order valence-corrected chi connectivity index (χ0v) is 12.1. The predicted octanol–water partition coefficient (Wildman–Crippen LogP) is 2.77. The standard InChI is InChI=1S/C14H27NO3/c1-5-6-7-13(16)15(9-8-11(2)3)10-12(4)14(17)18/h11-12H,5-10H2,1-4H3,(H,17,18). The van der Waals surface area contributed by atoms with E-state index in [0.29, 0.717) is 25.4 Å². The zero-order chi connectivity index (χ0) is 14.1. The number of unbranched alkanes of at least 4 members (excludes halogenated alkanes) is 1. The van der Waals surface area contributed by atoms with Crippen LogP contribution in [0.5, 0.6) is 0 Å². The number of nitrogens with zero attached hydrogens (tertiary/aromatic N) is 1. The van der Waals surface area contributed by atoms with Gasteiger partial charge in [-0.2, -0.15) is 0 Å². The lowest BCUT2D eigenvalue weighted by Crippen LogP contribution is -2.37. The van der Waals surface area contributed by atoms with Gasteiger partial charge in [-0.15, -0.1) is 0 Å². The van der Waals surface area contributed by atoms with Crippen molar-refractivity contribution >= 4 is 11.9 Å². The fourth-order valence-corrected chi connectivity index (χ4v) is 1.63.